The van der Waals surface area contributed by atoms with E-state index < -0.39 is 0 Å². The second-order valence-corrected chi connectivity index (χ2v) is 4.60. The fourth-order valence-corrected chi connectivity index (χ4v) is 2.00. The molecule has 4 nitrogen and oxygen atoms in total. The van der Waals surface area contributed by atoms with Gasteiger partial charge in [-0.15, -0.1) is 0 Å². The number of anilines is 2. The summed E-state index contributed by atoms with van der Waals surface area (Å²) >= 11 is 0. The minimum atomic E-state index is 0.544. The van der Waals surface area contributed by atoms with Crippen LogP contribution in [0.2, 0.25) is 0 Å². The summed E-state index contributed by atoms with van der Waals surface area (Å²) in [6, 6.07) is 14.4. The number of nitrogens with one attached hydrogen (secondary N) is 2. The second kappa shape index (κ2) is 6.75. The number of pyridine rings is 1. The minimum Gasteiger partial charge on any atom is -0.385 e. The predicted molar refractivity (Wildman–Crippen MR) is 80.0 cm³/mol. The van der Waals surface area contributed by atoms with Gasteiger partial charge in [-0.1, -0.05) is 37.3 Å². The first-order valence-corrected chi connectivity index (χ1v) is 6.51. The van der Waals surface area contributed by atoms with Crippen LogP contribution in [-0.2, 0) is 0 Å². The molecule has 0 fully saturated rings. The lowest BCUT2D eigenvalue weighted by Crippen LogP contribution is -2.10. The molecule has 0 bridgehead atoms. The topological polar surface area (TPSA) is 63.0 Å². The molecule has 4 heteroatoms. The third kappa shape index (κ3) is 3.96. The first kappa shape index (κ1) is 13.4. The number of hydrogen-bond acceptors (Lipinski definition) is 4. The van der Waals surface area contributed by atoms with Crippen LogP contribution in [0.1, 0.15) is 24.8 Å². The lowest BCUT2D eigenvalue weighted by atomic mass is 9.98. The molecule has 100 valence electrons. The molecule has 19 heavy (non-hydrogen) atoms. The smallest absolute Gasteiger partial charge is 0.141 e. The summed E-state index contributed by atoms with van der Waals surface area (Å²) in [7, 11) is 0. The Morgan fingerprint density at radius 2 is 2.00 bits per heavy atom. The Bertz CT molecular complexity index is 499. The zero-order valence-corrected chi connectivity index (χ0v) is 11.1. The van der Waals surface area contributed by atoms with Gasteiger partial charge in [-0.2, -0.15) is 0 Å². The van der Waals surface area contributed by atoms with Crippen molar-refractivity contribution >= 4 is 11.5 Å². The Balaban J connectivity index is 1.83. The van der Waals surface area contributed by atoms with Gasteiger partial charge in [0.1, 0.15) is 5.82 Å². The van der Waals surface area contributed by atoms with Gasteiger partial charge in [-0.3, -0.25) is 0 Å². The highest BCUT2D eigenvalue weighted by Crippen LogP contribution is 2.19. The third-order valence-corrected chi connectivity index (χ3v) is 3.18. The summed E-state index contributed by atoms with van der Waals surface area (Å²) in [5, 5.41) is 3.38. The van der Waals surface area contributed by atoms with Crippen molar-refractivity contribution in [3.63, 3.8) is 0 Å². The van der Waals surface area contributed by atoms with Crippen molar-refractivity contribution in [3.8, 4) is 0 Å². The van der Waals surface area contributed by atoms with E-state index in [9.17, 15) is 0 Å². The summed E-state index contributed by atoms with van der Waals surface area (Å²) in [5.74, 6) is 6.54. The number of nitrogens with two attached hydrogens (primary N) is 1. The summed E-state index contributed by atoms with van der Waals surface area (Å²) in [6.45, 7) is 3.17. The van der Waals surface area contributed by atoms with Crippen LogP contribution in [0, 0.1) is 0 Å². The average Bonchev–Trinajstić information content (AvgIpc) is 2.48. The second-order valence-electron chi connectivity index (χ2n) is 4.60. The summed E-state index contributed by atoms with van der Waals surface area (Å²) < 4.78 is 0. The molecule has 2 aromatic rings. The van der Waals surface area contributed by atoms with Crippen molar-refractivity contribution in [3.05, 3.63) is 54.2 Å². The van der Waals surface area contributed by atoms with E-state index in [-0.39, 0.29) is 0 Å². The Labute approximate surface area is 114 Å². The van der Waals surface area contributed by atoms with Crippen molar-refractivity contribution in [2.75, 3.05) is 17.3 Å². The van der Waals surface area contributed by atoms with Crippen LogP contribution in [0.25, 0.3) is 0 Å². The molecule has 1 atom stereocenters. The monoisotopic (exact) mass is 256 g/mol. The van der Waals surface area contributed by atoms with E-state index in [0.29, 0.717) is 11.7 Å². The predicted octanol–water partition coefficient (Wildman–Crippen LogP) is 2.97. The zero-order valence-electron chi connectivity index (χ0n) is 11.1. The first-order chi connectivity index (χ1) is 9.29. The molecule has 0 radical (unpaired) electrons. The Hall–Kier alpha value is -2.07. The van der Waals surface area contributed by atoms with Crippen LogP contribution in [0.5, 0.6) is 0 Å². The molecule has 4 N–H and O–H groups in total. The van der Waals surface area contributed by atoms with Crippen molar-refractivity contribution in [1.29, 1.82) is 0 Å². The molecule has 1 unspecified atom stereocenters. The number of aromatic nitrogens is 1. The van der Waals surface area contributed by atoms with Crippen LogP contribution < -0.4 is 16.6 Å². The van der Waals surface area contributed by atoms with Gasteiger partial charge >= 0.3 is 0 Å². The van der Waals surface area contributed by atoms with Gasteiger partial charge in [-0.05, 0) is 24.0 Å². The third-order valence-electron chi connectivity index (χ3n) is 3.18. The minimum absolute atomic E-state index is 0.544. The number of hydrazine groups is 1. The molecule has 2 rings (SSSR count). The van der Waals surface area contributed by atoms with E-state index in [1.807, 2.05) is 18.2 Å². The Kier molecular flexibility index (Phi) is 4.75. The van der Waals surface area contributed by atoms with E-state index in [2.05, 4.69) is 46.9 Å². The number of nitrogen functional groups attached to an aromatic ring is 1. The Morgan fingerprint density at radius 1 is 1.21 bits per heavy atom. The van der Waals surface area contributed by atoms with Crippen LogP contribution in [0.15, 0.2) is 48.7 Å². The number of rotatable bonds is 6. The molecular weight excluding hydrogens is 236 g/mol. The Morgan fingerprint density at radius 3 is 2.74 bits per heavy atom. The highest BCUT2D eigenvalue weighted by Gasteiger charge is 2.04. The molecule has 1 aromatic heterocycles. The van der Waals surface area contributed by atoms with Crippen LogP contribution in [0.4, 0.5) is 11.5 Å². The van der Waals surface area contributed by atoms with E-state index in [0.717, 1.165) is 18.7 Å². The highest BCUT2D eigenvalue weighted by atomic mass is 15.2. The SMILES string of the molecule is CC(CCNc1ccnc(NN)c1)c1ccccc1. The maximum absolute atomic E-state index is 5.33. The van der Waals surface area contributed by atoms with Crippen LogP contribution >= 0.6 is 0 Å². The van der Waals surface area contributed by atoms with Crippen molar-refractivity contribution in [1.82, 2.24) is 4.98 Å². The lowest BCUT2D eigenvalue weighted by Gasteiger charge is -2.13. The van der Waals surface area contributed by atoms with Crippen molar-refractivity contribution < 1.29 is 0 Å². The molecule has 0 amide bonds. The summed E-state index contributed by atoms with van der Waals surface area (Å²) in [6.07, 6.45) is 2.82. The molecule has 0 aliphatic carbocycles. The van der Waals surface area contributed by atoms with Crippen LogP contribution in [0.3, 0.4) is 0 Å². The fraction of sp³-hybridized carbons (Fsp3) is 0.267. The molecule has 0 aliphatic heterocycles. The molecule has 0 saturated carbocycles. The summed E-state index contributed by atoms with van der Waals surface area (Å²) in [5.41, 5.74) is 4.95. The summed E-state index contributed by atoms with van der Waals surface area (Å²) in [4.78, 5) is 4.07. The molecule has 0 spiro atoms. The van der Waals surface area contributed by atoms with Gasteiger partial charge in [0.05, 0.1) is 0 Å². The number of nitrogens with zero attached hydrogens (tertiary/aromatic N) is 1. The van der Waals surface area contributed by atoms with Gasteiger partial charge < -0.3 is 10.7 Å². The molecule has 1 heterocycles. The average molecular weight is 256 g/mol. The lowest BCUT2D eigenvalue weighted by molar-refractivity contribution is 0.706. The van der Waals surface area contributed by atoms with Gasteiger partial charge in [0, 0.05) is 24.5 Å². The van der Waals surface area contributed by atoms with Gasteiger partial charge in [0.25, 0.3) is 0 Å². The molecule has 1 aromatic carbocycles. The van der Waals surface area contributed by atoms with E-state index in [4.69, 9.17) is 5.84 Å². The maximum Gasteiger partial charge on any atom is 0.141 e. The molecular formula is C15H20N4. The normalized spacial score (nSPS) is 11.9. The first-order valence-electron chi connectivity index (χ1n) is 6.51. The van der Waals surface area contributed by atoms with Gasteiger partial charge in [-0.25, -0.2) is 10.8 Å². The van der Waals surface area contributed by atoms with Gasteiger partial charge in [0.2, 0.25) is 0 Å². The largest absolute Gasteiger partial charge is 0.385 e. The van der Waals surface area contributed by atoms with E-state index in [1.54, 1.807) is 6.20 Å². The van der Waals surface area contributed by atoms with Crippen molar-refractivity contribution in [2.45, 2.75) is 19.3 Å². The van der Waals surface area contributed by atoms with Crippen LogP contribution in [-0.4, -0.2) is 11.5 Å². The van der Waals surface area contributed by atoms with Crippen molar-refractivity contribution in [2.24, 2.45) is 5.84 Å². The highest BCUT2D eigenvalue weighted by molar-refractivity contribution is 5.51. The standard InChI is InChI=1S/C15H20N4/c1-12(13-5-3-2-4-6-13)7-9-17-14-8-10-18-15(11-14)19-16/h2-6,8,10-12H,7,9,16H2,1H3,(H2,17,18,19). The van der Waals surface area contributed by atoms with E-state index >= 15 is 0 Å². The number of benzene rings is 1. The maximum atomic E-state index is 5.33. The fourth-order valence-electron chi connectivity index (χ4n) is 2.00. The quantitative estimate of drug-likeness (QED) is 0.549. The zero-order chi connectivity index (χ0) is 13.5. The number of hydrogen-bond donors (Lipinski definition) is 3. The van der Waals surface area contributed by atoms with Gasteiger partial charge in [0.15, 0.2) is 0 Å². The molecule has 0 aliphatic rings. The van der Waals surface area contributed by atoms with E-state index in [1.165, 1.54) is 5.56 Å². The molecule has 0 saturated heterocycles.